The molecule has 1 aromatic carbocycles. The Hall–Kier alpha value is -1.42. The Morgan fingerprint density at radius 2 is 2.09 bits per heavy atom. The highest BCUT2D eigenvalue weighted by molar-refractivity contribution is 7.89. The standard InChI is InChI=1S/C13H19N3O5S.ClH/c1-9-8-15(6-5-11(9)14)22(19,20)10-3-4-13(21-2)12(7-10)16(17)18;/h3-4,7,9,11H,5-6,8,14H2,1-2H3;1H. The van der Waals surface area contributed by atoms with Crippen molar-refractivity contribution < 1.29 is 18.1 Å². The number of sulfonamides is 1. The number of halogens is 1. The zero-order valence-corrected chi connectivity index (χ0v) is 14.5. The van der Waals surface area contributed by atoms with Gasteiger partial charge in [-0.2, -0.15) is 4.31 Å². The average Bonchev–Trinajstić information content (AvgIpc) is 2.49. The summed E-state index contributed by atoms with van der Waals surface area (Å²) in [7, 11) is -2.49. The number of nitrogens with zero attached hydrogens (tertiary/aromatic N) is 2. The lowest BCUT2D eigenvalue weighted by Crippen LogP contribution is -2.48. The second-order valence-corrected chi connectivity index (χ2v) is 7.32. The summed E-state index contributed by atoms with van der Waals surface area (Å²) in [6.45, 7) is 2.51. The van der Waals surface area contributed by atoms with E-state index in [-0.39, 0.29) is 40.7 Å². The van der Waals surface area contributed by atoms with Gasteiger partial charge in [-0.3, -0.25) is 10.1 Å². The number of nitro benzene ring substituents is 1. The Balaban J connectivity index is 0.00000264. The highest BCUT2D eigenvalue weighted by Gasteiger charge is 2.33. The number of methoxy groups -OCH3 is 1. The third-order valence-electron chi connectivity index (χ3n) is 3.92. The molecule has 2 rings (SSSR count). The molecule has 10 heteroatoms. The van der Waals surface area contributed by atoms with Crippen molar-refractivity contribution in [3.05, 3.63) is 28.3 Å². The molecule has 0 aromatic heterocycles. The zero-order valence-electron chi connectivity index (χ0n) is 12.8. The third kappa shape index (κ3) is 3.92. The van der Waals surface area contributed by atoms with Gasteiger partial charge < -0.3 is 10.5 Å². The van der Waals surface area contributed by atoms with Crippen LogP contribution in [-0.2, 0) is 10.0 Å². The Bertz CT molecular complexity index is 682. The number of nitrogens with two attached hydrogens (primary N) is 1. The molecular formula is C13H20ClN3O5S. The van der Waals surface area contributed by atoms with E-state index < -0.39 is 14.9 Å². The van der Waals surface area contributed by atoms with E-state index in [1.54, 1.807) is 0 Å². The van der Waals surface area contributed by atoms with Crippen molar-refractivity contribution in [2.45, 2.75) is 24.3 Å². The van der Waals surface area contributed by atoms with E-state index in [1.165, 1.54) is 23.5 Å². The molecule has 1 aliphatic heterocycles. The van der Waals surface area contributed by atoms with Gasteiger partial charge in [0.15, 0.2) is 5.75 Å². The van der Waals surface area contributed by atoms with Crippen molar-refractivity contribution in [1.82, 2.24) is 4.31 Å². The minimum atomic E-state index is -3.78. The molecule has 0 aliphatic carbocycles. The molecule has 1 aliphatic rings. The van der Waals surface area contributed by atoms with E-state index in [4.69, 9.17) is 10.5 Å². The van der Waals surface area contributed by atoms with Crippen LogP contribution in [0.1, 0.15) is 13.3 Å². The van der Waals surface area contributed by atoms with Crippen molar-refractivity contribution in [2.75, 3.05) is 20.2 Å². The van der Waals surface area contributed by atoms with E-state index in [0.717, 1.165) is 6.07 Å². The maximum absolute atomic E-state index is 12.6. The summed E-state index contributed by atoms with van der Waals surface area (Å²) >= 11 is 0. The Labute approximate surface area is 141 Å². The molecule has 130 valence electrons. The molecular weight excluding hydrogens is 346 g/mol. The third-order valence-corrected chi connectivity index (χ3v) is 5.78. The van der Waals surface area contributed by atoms with E-state index in [2.05, 4.69) is 0 Å². The van der Waals surface area contributed by atoms with Gasteiger partial charge in [-0.15, -0.1) is 12.4 Å². The SMILES string of the molecule is COc1ccc(S(=O)(=O)N2CCC(N)C(C)C2)cc1[N+](=O)[O-].Cl. The van der Waals surface area contributed by atoms with Crippen LogP contribution >= 0.6 is 12.4 Å². The van der Waals surface area contributed by atoms with Crippen LogP contribution in [0.25, 0.3) is 0 Å². The van der Waals surface area contributed by atoms with E-state index in [9.17, 15) is 18.5 Å². The Kier molecular flexibility index (Phi) is 6.34. The van der Waals surface area contributed by atoms with Crippen LogP contribution in [0.4, 0.5) is 5.69 Å². The van der Waals surface area contributed by atoms with Gasteiger partial charge in [0.1, 0.15) is 0 Å². The lowest BCUT2D eigenvalue weighted by atomic mass is 9.96. The van der Waals surface area contributed by atoms with E-state index in [0.29, 0.717) is 19.5 Å². The molecule has 2 atom stereocenters. The molecule has 2 unspecified atom stereocenters. The quantitative estimate of drug-likeness (QED) is 0.636. The van der Waals surface area contributed by atoms with Crippen molar-refractivity contribution in [3.63, 3.8) is 0 Å². The second kappa shape index (κ2) is 7.43. The van der Waals surface area contributed by atoms with Crippen LogP contribution in [0.15, 0.2) is 23.1 Å². The predicted octanol–water partition coefficient (Wildman–Crippen LogP) is 1.38. The minimum Gasteiger partial charge on any atom is -0.490 e. The van der Waals surface area contributed by atoms with Crippen molar-refractivity contribution in [3.8, 4) is 5.75 Å². The molecule has 0 saturated carbocycles. The summed E-state index contributed by atoms with van der Waals surface area (Å²) in [4.78, 5) is 10.3. The number of hydrogen-bond acceptors (Lipinski definition) is 6. The van der Waals surface area contributed by atoms with Gasteiger partial charge in [-0.1, -0.05) is 6.92 Å². The first-order valence-electron chi connectivity index (χ1n) is 6.85. The lowest BCUT2D eigenvalue weighted by Gasteiger charge is -2.34. The van der Waals surface area contributed by atoms with Gasteiger partial charge in [-0.25, -0.2) is 8.42 Å². The summed E-state index contributed by atoms with van der Waals surface area (Å²) in [6.07, 6.45) is 0.568. The first kappa shape index (κ1) is 19.6. The fourth-order valence-electron chi connectivity index (χ4n) is 2.47. The fraction of sp³-hybridized carbons (Fsp3) is 0.538. The topological polar surface area (TPSA) is 116 Å². The van der Waals surface area contributed by atoms with Crippen LogP contribution in [0.5, 0.6) is 5.75 Å². The maximum Gasteiger partial charge on any atom is 0.312 e. The summed E-state index contributed by atoms with van der Waals surface area (Å²) in [5, 5.41) is 11.0. The van der Waals surface area contributed by atoms with Crippen LogP contribution in [0.3, 0.4) is 0 Å². The van der Waals surface area contributed by atoms with Crippen molar-refractivity contribution >= 4 is 28.1 Å². The molecule has 0 amide bonds. The summed E-state index contributed by atoms with van der Waals surface area (Å²) in [6, 6.07) is 3.62. The number of piperidine rings is 1. The van der Waals surface area contributed by atoms with Crippen LogP contribution in [0.2, 0.25) is 0 Å². The van der Waals surface area contributed by atoms with Gasteiger partial charge in [0.25, 0.3) is 0 Å². The number of ether oxygens (including phenoxy) is 1. The number of hydrogen-bond donors (Lipinski definition) is 1. The highest BCUT2D eigenvalue weighted by atomic mass is 35.5. The number of nitro groups is 1. The minimum absolute atomic E-state index is 0. The molecule has 8 nitrogen and oxygen atoms in total. The Morgan fingerprint density at radius 3 is 2.61 bits per heavy atom. The fourth-order valence-corrected chi connectivity index (χ4v) is 4.04. The summed E-state index contributed by atoms with van der Waals surface area (Å²) in [5.74, 6) is 0.0646. The molecule has 0 radical (unpaired) electrons. The normalized spacial score (nSPS) is 22.2. The van der Waals surface area contributed by atoms with Gasteiger partial charge in [-0.05, 0) is 24.5 Å². The largest absolute Gasteiger partial charge is 0.490 e. The molecule has 1 aromatic rings. The molecule has 1 saturated heterocycles. The smallest absolute Gasteiger partial charge is 0.312 e. The van der Waals surface area contributed by atoms with Gasteiger partial charge in [0.2, 0.25) is 10.0 Å². The van der Waals surface area contributed by atoms with Gasteiger partial charge >= 0.3 is 5.69 Å². The van der Waals surface area contributed by atoms with Crippen LogP contribution in [-0.4, -0.2) is 43.9 Å². The number of benzene rings is 1. The van der Waals surface area contributed by atoms with Crippen LogP contribution in [0, 0.1) is 16.0 Å². The monoisotopic (exact) mass is 365 g/mol. The first-order chi connectivity index (χ1) is 10.3. The molecule has 1 fully saturated rings. The van der Waals surface area contributed by atoms with Gasteiger partial charge in [0, 0.05) is 25.2 Å². The average molecular weight is 366 g/mol. The zero-order chi connectivity index (χ0) is 16.5. The first-order valence-corrected chi connectivity index (χ1v) is 8.29. The van der Waals surface area contributed by atoms with Gasteiger partial charge in [0.05, 0.1) is 16.9 Å². The van der Waals surface area contributed by atoms with E-state index >= 15 is 0 Å². The highest BCUT2D eigenvalue weighted by Crippen LogP contribution is 2.31. The maximum atomic E-state index is 12.6. The second-order valence-electron chi connectivity index (χ2n) is 5.38. The predicted molar refractivity (Wildman–Crippen MR) is 87.4 cm³/mol. The van der Waals surface area contributed by atoms with Crippen LogP contribution < -0.4 is 10.5 Å². The molecule has 1 heterocycles. The molecule has 0 bridgehead atoms. The summed E-state index contributed by atoms with van der Waals surface area (Å²) < 4.78 is 31.5. The molecule has 2 N–H and O–H groups in total. The van der Waals surface area contributed by atoms with Crippen molar-refractivity contribution in [2.24, 2.45) is 11.7 Å². The summed E-state index contributed by atoms with van der Waals surface area (Å²) in [5.41, 5.74) is 5.53. The molecule has 23 heavy (non-hydrogen) atoms. The van der Waals surface area contributed by atoms with E-state index in [1.807, 2.05) is 6.92 Å². The molecule has 0 spiro atoms. The van der Waals surface area contributed by atoms with Crippen molar-refractivity contribution in [1.29, 1.82) is 0 Å². The Morgan fingerprint density at radius 1 is 1.43 bits per heavy atom. The number of rotatable bonds is 4. The lowest BCUT2D eigenvalue weighted by molar-refractivity contribution is -0.386.